The van der Waals surface area contributed by atoms with Crippen molar-refractivity contribution < 1.29 is 9.47 Å². The second kappa shape index (κ2) is 8.15. The van der Waals surface area contributed by atoms with Gasteiger partial charge in [0.05, 0.1) is 18.8 Å². The molecule has 1 rings (SSSR count). The number of hydrogen-bond acceptors (Lipinski definition) is 3. The summed E-state index contributed by atoms with van der Waals surface area (Å²) in [6.45, 7) is 11.8. The summed E-state index contributed by atoms with van der Waals surface area (Å²) in [5.41, 5.74) is 1.11. The fourth-order valence-corrected chi connectivity index (χ4v) is 2.03. The maximum Gasteiger partial charge on any atom is 0.128 e. The van der Waals surface area contributed by atoms with Gasteiger partial charge >= 0.3 is 0 Å². The molecule has 0 aliphatic rings. The summed E-state index contributed by atoms with van der Waals surface area (Å²) >= 11 is 0. The molecule has 20 heavy (non-hydrogen) atoms. The van der Waals surface area contributed by atoms with Crippen molar-refractivity contribution in [2.45, 2.75) is 53.2 Å². The van der Waals surface area contributed by atoms with Crippen LogP contribution < -0.4 is 14.8 Å². The lowest BCUT2D eigenvalue weighted by Gasteiger charge is -2.24. The van der Waals surface area contributed by atoms with Gasteiger partial charge in [0.1, 0.15) is 11.5 Å². The lowest BCUT2D eigenvalue weighted by Crippen LogP contribution is -2.23. The minimum Gasteiger partial charge on any atom is -0.496 e. The molecule has 2 unspecified atom stereocenters. The van der Waals surface area contributed by atoms with Gasteiger partial charge in [0, 0.05) is 6.04 Å². The van der Waals surface area contributed by atoms with E-state index in [1.165, 1.54) is 0 Å². The van der Waals surface area contributed by atoms with Crippen LogP contribution in [0.15, 0.2) is 18.2 Å². The average molecular weight is 279 g/mol. The number of hydrogen-bond donors (Lipinski definition) is 1. The summed E-state index contributed by atoms with van der Waals surface area (Å²) in [5.74, 6) is 2.28. The third-order valence-electron chi connectivity index (χ3n) is 3.63. The van der Waals surface area contributed by atoms with Crippen LogP contribution in [0.25, 0.3) is 0 Å². The van der Waals surface area contributed by atoms with Gasteiger partial charge in [-0.3, -0.25) is 0 Å². The second-order valence-electron chi connectivity index (χ2n) is 5.61. The SMILES string of the molecule is CCCNC(C)c1c(OC)cccc1OC(C)C(C)C. The Balaban J connectivity index is 3.03. The number of methoxy groups -OCH3 is 1. The minimum atomic E-state index is 0.180. The van der Waals surface area contributed by atoms with Crippen LogP contribution >= 0.6 is 0 Å². The molecule has 0 saturated heterocycles. The van der Waals surface area contributed by atoms with Crippen LogP contribution in [0.5, 0.6) is 11.5 Å². The molecule has 0 aliphatic heterocycles. The molecule has 0 bridgehead atoms. The second-order valence-corrected chi connectivity index (χ2v) is 5.61. The molecule has 1 aromatic carbocycles. The summed E-state index contributed by atoms with van der Waals surface area (Å²) in [4.78, 5) is 0. The molecule has 0 fully saturated rings. The Kier molecular flexibility index (Phi) is 6.86. The van der Waals surface area contributed by atoms with E-state index in [1.807, 2.05) is 18.2 Å². The number of rotatable bonds is 8. The van der Waals surface area contributed by atoms with E-state index in [9.17, 15) is 0 Å². The van der Waals surface area contributed by atoms with E-state index in [1.54, 1.807) is 7.11 Å². The Morgan fingerprint density at radius 3 is 2.30 bits per heavy atom. The summed E-state index contributed by atoms with van der Waals surface area (Å²) in [5, 5.41) is 3.51. The van der Waals surface area contributed by atoms with Crippen molar-refractivity contribution >= 4 is 0 Å². The van der Waals surface area contributed by atoms with E-state index in [-0.39, 0.29) is 12.1 Å². The van der Waals surface area contributed by atoms with Gasteiger partial charge in [0.15, 0.2) is 0 Å². The smallest absolute Gasteiger partial charge is 0.128 e. The van der Waals surface area contributed by atoms with E-state index in [0.717, 1.165) is 30.0 Å². The van der Waals surface area contributed by atoms with Gasteiger partial charge in [-0.1, -0.05) is 26.8 Å². The average Bonchev–Trinajstić information content (AvgIpc) is 2.44. The monoisotopic (exact) mass is 279 g/mol. The first-order valence-corrected chi connectivity index (χ1v) is 7.58. The molecule has 114 valence electrons. The molecule has 3 heteroatoms. The van der Waals surface area contributed by atoms with E-state index < -0.39 is 0 Å². The van der Waals surface area contributed by atoms with Crippen molar-refractivity contribution in [3.63, 3.8) is 0 Å². The molecule has 0 saturated carbocycles. The Morgan fingerprint density at radius 2 is 1.75 bits per heavy atom. The molecule has 0 amide bonds. The highest BCUT2D eigenvalue weighted by molar-refractivity contribution is 5.46. The van der Waals surface area contributed by atoms with Crippen LogP contribution in [0.2, 0.25) is 0 Å². The third kappa shape index (κ3) is 4.41. The molecular formula is C17H29NO2. The molecule has 0 aromatic heterocycles. The summed E-state index contributed by atoms with van der Waals surface area (Å²) < 4.78 is 11.6. The van der Waals surface area contributed by atoms with Gasteiger partial charge in [-0.15, -0.1) is 0 Å². The lowest BCUT2D eigenvalue weighted by atomic mass is 10.0. The zero-order valence-electron chi connectivity index (χ0n) is 13.7. The fourth-order valence-electron chi connectivity index (χ4n) is 2.03. The molecule has 0 spiro atoms. The fraction of sp³-hybridized carbons (Fsp3) is 0.647. The van der Waals surface area contributed by atoms with Gasteiger partial charge in [0.25, 0.3) is 0 Å². The first-order valence-electron chi connectivity index (χ1n) is 7.58. The first kappa shape index (κ1) is 16.8. The minimum absolute atomic E-state index is 0.180. The van der Waals surface area contributed by atoms with E-state index in [0.29, 0.717) is 5.92 Å². The summed E-state index contributed by atoms with van der Waals surface area (Å²) in [7, 11) is 1.71. The van der Waals surface area contributed by atoms with Crippen molar-refractivity contribution in [2.75, 3.05) is 13.7 Å². The zero-order valence-corrected chi connectivity index (χ0v) is 13.7. The Bertz CT molecular complexity index is 404. The van der Waals surface area contributed by atoms with E-state index in [2.05, 4.69) is 39.9 Å². The zero-order chi connectivity index (χ0) is 15.1. The summed E-state index contributed by atoms with van der Waals surface area (Å²) in [6, 6.07) is 6.21. The maximum absolute atomic E-state index is 6.13. The van der Waals surface area contributed by atoms with Gasteiger partial charge < -0.3 is 14.8 Å². The van der Waals surface area contributed by atoms with Crippen LogP contribution in [0.4, 0.5) is 0 Å². The Labute approximate surface area is 123 Å². The van der Waals surface area contributed by atoms with Crippen molar-refractivity contribution in [3.05, 3.63) is 23.8 Å². The molecule has 0 heterocycles. The molecule has 3 nitrogen and oxygen atoms in total. The predicted octanol–water partition coefficient (Wildman–Crippen LogP) is 4.18. The van der Waals surface area contributed by atoms with Crippen molar-refractivity contribution in [2.24, 2.45) is 5.92 Å². The Hall–Kier alpha value is -1.22. The highest BCUT2D eigenvalue weighted by Crippen LogP contribution is 2.35. The molecule has 0 radical (unpaired) electrons. The van der Waals surface area contributed by atoms with Gasteiger partial charge in [0.2, 0.25) is 0 Å². The lowest BCUT2D eigenvalue weighted by molar-refractivity contribution is 0.167. The Morgan fingerprint density at radius 1 is 1.10 bits per heavy atom. The van der Waals surface area contributed by atoms with E-state index >= 15 is 0 Å². The van der Waals surface area contributed by atoms with Gasteiger partial charge in [-0.05, 0) is 44.9 Å². The van der Waals surface area contributed by atoms with Crippen LogP contribution in [0, 0.1) is 5.92 Å². The molecular weight excluding hydrogens is 250 g/mol. The molecule has 1 aromatic rings. The highest BCUT2D eigenvalue weighted by Gasteiger charge is 2.19. The predicted molar refractivity (Wildman–Crippen MR) is 84.6 cm³/mol. The van der Waals surface area contributed by atoms with Gasteiger partial charge in [-0.2, -0.15) is 0 Å². The highest BCUT2D eigenvalue weighted by atomic mass is 16.5. The van der Waals surface area contributed by atoms with Gasteiger partial charge in [-0.25, -0.2) is 0 Å². The van der Waals surface area contributed by atoms with Crippen LogP contribution in [0.3, 0.4) is 0 Å². The van der Waals surface area contributed by atoms with E-state index in [4.69, 9.17) is 9.47 Å². The quantitative estimate of drug-likeness (QED) is 0.774. The first-order chi connectivity index (χ1) is 9.51. The third-order valence-corrected chi connectivity index (χ3v) is 3.63. The molecule has 0 aliphatic carbocycles. The normalized spacial score (nSPS) is 14.2. The molecule has 1 N–H and O–H groups in total. The largest absolute Gasteiger partial charge is 0.496 e. The number of benzene rings is 1. The van der Waals surface area contributed by atoms with Crippen LogP contribution in [0.1, 0.15) is 52.6 Å². The summed E-state index contributed by atoms with van der Waals surface area (Å²) in [6.07, 6.45) is 1.29. The number of ether oxygens (including phenoxy) is 2. The van der Waals surface area contributed by atoms with Crippen LogP contribution in [-0.2, 0) is 0 Å². The number of nitrogens with one attached hydrogen (secondary N) is 1. The van der Waals surface area contributed by atoms with Crippen molar-refractivity contribution in [1.82, 2.24) is 5.32 Å². The maximum atomic E-state index is 6.13. The topological polar surface area (TPSA) is 30.5 Å². The van der Waals surface area contributed by atoms with Crippen molar-refractivity contribution in [3.8, 4) is 11.5 Å². The van der Waals surface area contributed by atoms with Crippen molar-refractivity contribution in [1.29, 1.82) is 0 Å². The standard InChI is InChI=1S/C17H29NO2/c1-7-11-18-13(4)17-15(19-6)9-8-10-16(17)20-14(5)12(2)3/h8-10,12-14,18H,7,11H2,1-6H3. The van der Waals surface area contributed by atoms with Crippen LogP contribution in [-0.4, -0.2) is 19.8 Å². The molecule has 2 atom stereocenters.